The Morgan fingerprint density at radius 2 is 1.53 bits per heavy atom. The third-order valence-electron chi connectivity index (χ3n) is 8.81. The smallest absolute Gasteiger partial charge is 0.111 e. The number of aliphatic hydroxyl groups excluding tert-OH is 8. The molecule has 1 spiro atoms. The Kier molecular flexibility index (Phi) is 7.21. The number of ether oxygens (including phenoxy) is 2. The molecule has 3 aliphatic carbocycles. The second-order valence-electron chi connectivity index (χ2n) is 10.4. The highest BCUT2D eigenvalue weighted by molar-refractivity contribution is 5.11. The van der Waals surface area contributed by atoms with Crippen LogP contribution < -0.4 is 0 Å². The third-order valence-corrected chi connectivity index (χ3v) is 8.81. The van der Waals surface area contributed by atoms with Crippen LogP contribution in [0.15, 0.2) is 0 Å². The Hall–Kier alpha value is -0.400. The second-order valence-corrected chi connectivity index (χ2v) is 10.4. The minimum absolute atomic E-state index is 0.0211. The summed E-state index contributed by atoms with van der Waals surface area (Å²) in [6.07, 6.45) is -7.22. The second kappa shape index (κ2) is 9.33. The summed E-state index contributed by atoms with van der Waals surface area (Å²) in [5.41, 5.74) is -1.21. The van der Waals surface area contributed by atoms with Crippen molar-refractivity contribution >= 4 is 0 Å². The van der Waals surface area contributed by atoms with Crippen molar-refractivity contribution in [3.05, 3.63) is 0 Å². The molecule has 32 heavy (non-hydrogen) atoms. The van der Waals surface area contributed by atoms with Gasteiger partial charge in [0.1, 0.15) is 24.4 Å². The minimum atomic E-state index is -1.48. The van der Waals surface area contributed by atoms with Gasteiger partial charge in [-0.2, -0.15) is 0 Å². The summed E-state index contributed by atoms with van der Waals surface area (Å²) >= 11 is 0. The van der Waals surface area contributed by atoms with E-state index in [0.717, 1.165) is 0 Å². The van der Waals surface area contributed by atoms with Crippen LogP contribution in [0.4, 0.5) is 0 Å². The molecule has 4 fully saturated rings. The van der Waals surface area contributed by atoms with Crippen LogP contribution in [0.5, 0.6) is 0 Å². The molecule has 186 valence electrons. The van der Waals surface area contributed by atoms with Gasteiger partial charge in [-0.15, -0.1) is 0 Å². The van der Waals surface area contributed by atoms with Crippen LogP contribution in [0.3, 0.4) is 0 Å². The summed E-state index contributed by atoms with van der Waals surface area (Å²) in [4.78, 5) is 0. The highest BCUT2D eigenvalue weighted by atomic mass is 16.6. The molecule has 0 amide bonds. The summed E-state index contributed by atoms with van der Waals surface area (Å²) in [6, 6.07) is 0. The molecule has 4 rings (SSSR count). The average Bonchev–Trinajstić information content (AvgIpc) is 3.18. The van der Waals surface area contributed by atoms with E-state index in [1.165, 1.54) is 7.11 Å². The third kappa shape index (κ3) is 4.02. The minimum Gasteiger partial charge on any atom is -0.394 e. The van der Waals surface area contributed by atoms with E-state index in [1.807, 2.05) is 0 Å². The molecule has 0 aromatic rings. The number of aliphatic hydroxyl groups is 8. The van der Waals surface area contributed by atoms with E-state index in [-0.39, 0.29) is 30.6 Å². The molecule has 1 saturated heterocycles. The average molecular weight is 463 g/mol. The fourth-order valence-corrected chi connectivity index (χ4v) is 7.01. The Balaban J connectivity index is 1.55. The van der Waals surface area contributed by atoms with Gasteiger partial charge in [0.25, 0.3) is 0 Å². The van der Waals surface area contributed by atoms with Crippen molar-refractivity contribution in [2.45, 2.75) is 99.1 Å². The number of hydrogen-bond donors (Lipinski definition) is 8. The largest absolute Gasteiger partial charge is 0.394 e. The van der Waals surface area contributed by atoms with Crippen molar-refractivity contribution in [3.63, 3.8) is 0 Å². The predicted molar refractivity (Wildman–Crippen MR) is 109 cm³/mol. The zero-order chi connectivity index (χ0) is 23.4. The van der Waals surface area contributed by atoms with E-state index in [1.54, 1.807) is 0 Å². The highest BCUT2D eigenvalue weighted by Gasteiger charge is 2.61. The molecule has 10 heteroatoms. The summed E-state index contributed by atoms with van der Waals surface area (Å²) in [6.45, 7) is -0.509. The molecule has 0 bridgehead atoms. The van der Waals surface area contributed by atoms with Gasteiger partial charge in [-0.3, -0.25) is 0 Å². The lowest BCUT2D eigenvalue weighted by atomic mass is 9.66. The number of hydrogen-bond acceptors (Lipinski definition) is 10. The van der Waals surface area contributed by atoms with Gasteiger partial charge < -0.3 is 50.3 Å². The van der Waals surface area contributed by atoms with E-state index < -0.39 is 73.1 Å². The van der Waals surface area contributed by atoms with Gasteiger partial charge in [-0.25, -0.2) is 0 Å². The zero-order valence-electron chi connectivity index (χ0n) is 18.3. The Morgan fingerprint density at radius 1 is 0.844 bits per heavy atom. The van der Waals surface area contributed by atoms with Crippen molar-refractivity contribution in [2.24, 2.45) is 23.7 Å². The quantitative estimate of drug-likeness (QED) is 0.223. The maximum atomic E-state index is 10.8. The zero-order valence-corrected chi connectivity index (χ0v) is 18.3. The van der Waals surface area contributed by atoms with Crippen LogP contribution in [0.2, 0.25) is 0 Å². The maximum absolute atomic E-state index is 10.8. The molecule has 14 atom stereocenters. The van der Waals surface area contributed by atoms with Crippen molar-refractivity contribution in [2.75, 3.05) is 13.7 Å². The lowest BCUT2D eigenvalue weighted by Crippen LogP contribution is -2.64. The molecule has 10 nitrogen and oxygen atoms in total. The fraction of sp³-hybridized carbons (Fsp3) is 1.00. The van der Waals surface area contributed by atoms with Crippen molar-refractivity contribution in [1.82, 2.24) is 0 Å². The van der Waals surface area contributed by atoms with Crippen LogP contribution in [0, 0.1) is 23.7 Å². The first-order valence-corrected chi connectivity index (χ1v) is 11.7. The van der Waals surface area contributed by atoms with Gasteiger partial charge in [-0.05, 0) is 49.9 Å². The lowest BCUT2D eigenvalue weighted by molar-refractivity contribution is -0.273. The van der Waals surface area contributed by atoms with E-state index in [0.29, 0.717) is 25.7 Å². The van der Waals surface area contributed by atoms with Crippen LogP contribution in [0.1, 0.15) is 38.5 Å². The van der Waals surface area contributed by atoms with Gasteiger partial charge in [-0.1, -0.05) is 0 Å². The van der Waals surface area contributed by atoms with E-state index in [9.17, 15) is 40.9 Å². The molecular weight excluding hydrogens is 424 g/mol. The SMILES string of the molecule is COC1CC(O)C(O)C(CC2CCC(O)C3CC4(CC23)OC(CO)C(O)C(O)C4O)C1O. The van der Waals surface area contributed by atoms with Crippen LogP contribution >= 0.6 is 0 Å². The first-order valence-electron chi connectivity index (χ1n) is 11.7. The summed E-state index contributed by atoms with van der Waals surface area (Å²) in [7, 11) is 1.46. The normalized spacial score (nSPS) is 56.3. The molecule has 3 saturated carbocycles. The van der Waals surface area contributed by atoms with Crippen LogP contribution in [0.25, 0.3) is 0 Å². The summed E-state index contributed by atoms with van der Waals surface area (Å²) in [5, 5.41) is 83.3. The van der Waals surface area contributed by atoms with Gasteiger partial charge in [0, 0.05) is 19.4 Å². The number of methoxy groups -OCH3 is 1. The summed E-state index contributed by atoms with van der Waals surface area (Å²) < 4.78 is 11.3. The van der Waals surface area contributed by atoms with Gasteiger partial charge >= 0.3 is 0 Å². The van der Waals surface area contributed by atoms with Gasteiger partial charge in [0.2, 0.25) is 0 Å². The standard InChI is InChI=1S/C22H38O10/c1-31-15-5-14(25)17(26)10(18(15)27)4-9-2-3-13(24)12-7-22(6-11(9)12)21(30)20(29)19(28)16(8-23)32-22/h9-21,23-30H,2-8H2,1H3. The molecule has 0 aromatic carbocycles. The van der Waals surface area contributed by atoms with Crippen molar-refractivity contribution < 1.29 is 50.3 Å². The topological polar surface area (TPSA) is 180 Å². The van der Waals surface area contributed by atoms with E-state index in [4.69, 9.17) is 9.47 Å². The Bertz CT molecular complexity index is 648. The van der Waals surface area contributed by atoms with Crippen LogP contribution in [-0.2, 0) is 9.47 Å². The molecular formula is C22H38O10. The first kappa shape index (κ1) is 24.7. The molecule has 4 aliphatic rings. The molecule has 0 radical (unpaired) electrons. The monoisotopic (exact) mass is 462 g/mol. The molecule has 8 N–H and O–H groups in total. The fourth-order valence-electron chi connectivity index (χ4n) is 7.01. The van der Waals surface area contributed by atoms with E-state index in [2.05, 4.69) is 0 Å². The Labute approximate surface area is 187 Å². The van der Waals surface area contributed by atoms with Gasteiger partial charge in [0.05, 0.1) is 42.7 Å². The first-order chi connectivity index (χ1) is 15.1. The van der Waals surface area contributed by atoms with Crippen LogP contribution in [-0.4, -0.2) is 115 Å². The molecule has 0 aromatic heterocycles. The van der Waals surface area contributed by atoms with Crippen molar-refractivity contribution in [1.29, 1.82) is 0 Å². The molecule has 1 heterocycles. The summed E-state index contributed by atoms with van der Waals surface area (Å²) in [5.74, 6) is -0.968. The number of fused-ring (bicyclic) bond motifs is 1. The molecule has 14 unspecified atom stereocenters. The Morgan fingerprint density at radius 3 is 2.19 bits per heavy atom. The lowest BCUT2D eigenvalue weighted by Gasteiger charge is -2.47. The highest BCUT2D eigenvalue weighted by Crippen LogP contribution is 2.56. The van der Waals surface area contributed by atoms with Gasteiger partial charge in [0.15, 0.2) is 0 Å². The molecule has 1 aliphatic heterocycles. The predicted octanol–water partition coefficient (Wildman–Crippen LogP) is -2.50. The van der Waals surface area contributed by atoms with Crippen molar-refractivity contribution in [3.8, 4) is 0 Å². The maximum Gasteiger partial charge on any atom is 0.111 e. The van der Waals surface area contributed by atoms with E-state index >= 15 is 0 Å². The number of rotatable bonds is 4.